The fourth-order valence-corrected chi connectivity index (χ4v) is 5.55. The zero-order chi connectivity index (χ0) is 42.1. The van der Waals surface area contributed by atoms with Crippen LogP contribution >= 0.6 is 7.82 Å². The first-order chi connectivity index (χ1) is 27.6. The molecule has 0 bridgehead atoms. The summed E-state index contributed by atoms with van der Waals surface area (Å²) in [5.74, 6) is -1.03. The van der Waals surface area contributed by atoms with E-state index < -0.39 is 44.7 Å². The van der Waals surface area contributed by atoms with E-state index >= 15 is 0 Å². The summed E-state index contributed by atoms with van der Waals surface area (Å²) < 4.78 is 32.6. The number of phosphoric acid groups is 1. The van der Waals surface area contributed by atoms with E-state index in [1.54, 1.807) is 36.5 Å². The maximum Gasteiger partial charge on any atom is 0.472 e. The van der Waals surface area contributed by atoms with Crippen molar-refractivity contribution in [3.8, 4) is 0 Å². The Bertz CT molecular complexity index is 1330. The van der Waals surface area contributed by atoms with Crippen LogP contribution in [0.4, 0.5) is 0 Å². The number of aliphatic hydroxyl groups excluding tert-OH is 2. The lowest BCUT2D eigenvalue weighted by Crippen LogP contribution is -2.29. The Morgan fingerprint density at radius 3 is 1.77 bits per heavy atom. The molecule has 12 heteroatoms. The highest BCUT2D eigenvalue weighted by Crippen LogP contribution is 2.43. The van der Waals surface area contributed by atoms with Gasteiger partial charge in [-0.15, -0.1) is 0 Å². The van der Waals surface area contributed by atoms with E-state index in [9.17, 15) is 29.3 Å². The number of carbonyl (C=O) groups is 2. The lowest BCUT2D eigenvalue weighted by Gasteiger charge is -2.19. The van der Waals surface area contributed by atoms with Gasteiger partial charge in [-0.2, -0.15) is 0 Å². The van der Waals surface area contributed by atoms with Crippen molar-refractivity contribution in [2.24, 2.45) is 5.73 Å². The predicted molar refractivity (Wildman–Crippen MR) is 231 cm³/mol. The van der Waals surface area contributed by atoms with Gasteiger partial charge in [0.05, 0.1) is 25.4 Å². The summed E-state index contributed by atoms with van der Waals surface area (Å²) in [4.78, 5) is 34.8. The quantitative estimate of drug-likeness (QED) is 0.0156. The molecule has 0 aromatic heterocycles. The second-order valence-corrected chi connectivity index (χ2v) is 14.6. The van der Waals surface area contributed by atoms with Crippen LogP contribution in [0, 0.1) is 0 Å². The van der Waals surface area contributed by atoms with Crippen molar-refractivity contribution in [3.63, 3.8) is 0 Å². The van der Waals surface area contributed by atoms with Crippen LogP contribution in [0.3, 0.4) is 0 Å². The van der Waals surface area contributed by atoms with Gasteiger partial charge in [-0.05, 0) is 70.6 Å². The third-order valence-corrected chi connectivity index (χ3v) is 8.82. The van der Waals surface area contributed by atoms with Gasteiger partial charge in [0.2, 0.25) is 0 Å². The average Bonchev–Trinajstić information content (AvgIpc) is 3.19. The highest BCUT2D eigenvalue weighted by atomic mass is 31.2. The number of hydrogen-bond acceptors (Lipinski definition) is 10. The molecule has 0 aliphatic carbocycles. The molecule has 0 aliphatic rings. The number of hydrogen-bond donors (Lipinski definition) is 4. The van der Waals surface area contributed by atoms with Crippen molar-refractivity contribution in [2.75, 3.05) is 26.4 Å². The van der Waals surface area contributed by atoms with Crippen LogP contribution in [0.15, 0.2) is 109 Å². The van der Waals surface area contributed by atoms with Gasteiger partial charge in [0, 0.05) is 19.4 Å². The Morgan fingerprint density at radius 1 is 0.614 bits per heavy atom. The molecule has 0 fully saturated rings. The third-order valence-electron chi connectivity index (χ3n) is 7.83. The Morgan fingerprint density at radius 2 is 1.14 bits per heavy atom. The molecule has 0 aliphatic heterocycles. The molecule has 0 aromatic carbocycles. The third kappa shape index (κ3) is 39.2. The molecule has 0 amide bonds. The summed E-state index contributed by atoms with van der Waals surface area (Å²) in [6, 6.07) is 0. The van der Waals surface area contributed by atoms with Gasteiger partial charge in [0.25, 0.3) is 0 Å². The first-order valence-electron chi connectivity index (χ1n) is 20.6. The monoisotopic (exact) mass is 817 g/mol. The van der Waals surface area contributed by atoms with Crippen molar-refractivity contribution in [1.29, 1.82) is 0 Å². The number of unbranched alkanes of at least 4 members (excludes halogenated alkanes) is 5. The van der Waals surface area contributed by atoms with Crippen LogP contribution in [-0.4, -0.2) is 71.7 Å². The molecular weight excluding hydrogens is 745 g/mol. The molecule has 1 unspecified atom stereocenters. The van der Waals surface area contributed by atoms with Crippen LogP contribution in [0.25, 0.3) is 0 Å². The highest BCUT2D eigenvalue weighted by molar-refractivity contribution is 7.47. The van der Waals surface area contributed by atoms with Crippen molar-refractivity contribution < 1.29 is 47.8 Å². The second-order valence-electron chi connectivity index (χ2n) is 13.1. The first kappa shape index (κ1) is 53.6. The van der Waals surface area contributed by atoms with E-state index in [0.717, 1.165) is 57.8 Å². The van der Waals surface area contributed by atoms with Crippen LogP contribution in [0.2, 0.25) is 0 Å². The van der Waals surface area contributed by atoms with Gasteiger partial charge < -0.3 is 30.3 Å². The molecule has 57 heavy (non-hydrogen) atoms. The molecule has 5 N–H and O–H groups in total. The molecule has 0 spiro atoms. The minimum absolute atomic E-state index is 0.0176. The molecule has 0 radical (unpaired) electrons. The van der Waals surface area contributed by atoms with E-state index in [1.807, 2.05) is 43.4 Å². The standard InChI is InChI=1S/C45H72NO10P/c1-3-5-7-8-9-10-11-12-13-14-15-16-17-22-30-36-45(50)56-43(40-55-57(51,52)54-38-37-46)39-53-44(49)35-29-21-19-18-20-26-32-42(48)34-28-24-23-27-33-41(47)31-25-6-4-2/h5-7,9-10,12-13,19-21,23-28,33-34,41-43,47-48H,3-4,8,11,14-18,22,29-32,35-40,46H2,1-2H3,(H,51,52)/b7-5-,10-9-,13-12-,21-19-,24-23-,25-6-,26-20-,33-27+,34-28+/t41-,42+,43-/m1/s1. The van der Waals surface area contributed by atoms with E-state index in [1.165, 1.54) is 0 Å². The SMILES string of the molecule is CC/C=C\C/C=C\C/C=C\CCCCCCCC(=O)O[C@H](COC(=O)CC/C=C\C/C=C\C[C@H](O)/C=C/C=C\C=C\[C@H](O)C/C=C\CC)COP(=O)(O)OCCN. The Labute approximate surface area is 343 Å². The molecule has 0 aromatic rings. The van der Waals surface area contributed by atoms with Crippen LogP contribution in [0.5, 0.6) is 0 Å². The van der Waals surface area contributed by atoms with Crippen LogP contribution in [-0.2, 0) is 32.7 Å². The van der Waals surface area contributed by atoms with E-state index in [0.29, 0.717) is 32.1 Å². The molecule has 0 heterocycles. The van der Waals surface area contributed by atoms with Crippen molar-refractivity contribution in [1.82, 2.24) is 0 Å². The minimum Gasteiger partial charge on any atom is -0.462 e. The summed E-state index contributed by atoms with van der Waals surface area (Å²) in [7, 11) is -4.43. The summed E-state index contributed by atoms with van der Waals surface area (Å²) in [5.41, 5.74) is 5.33. The largest absolute Gasteiger partial charge is 0.472 e. The Balaban J connectivity index is 4.47. The number of nitrogens with two attached hydrogens (primary N) is 1. The number of esters is 2. The van der Waals surface area contributed by atoms with Crippen LogP contribution < -0.4 is 5.73 Å². The molecule has 0 rings (SSSR count). The maximum absolute atomic E-state index is 12.6. The normalized spacial score (nSPS) is 15.5. The molecule has 11 nitrogen and oxygen atoms in total. The summed E-state index contributed by atoms with van der Waals surface area (Å²) in [5, 5.41) is 19.9. The summed E-state index contributed by atoms with van der Waals surface area (Å²) >= 11 is 0. The number of carbonyl (C=O) groups excluding carboxylic acids is 2. The average molecular weight is 818 g/mol. The van der Waals surface area contributed by atoms with Gasteiger partial charge >= 0.3 is 19.8 Å². The van der Waals surface area contributed by atoms with Gasteiger partial charge in [0.1, 0.15) is 6.61 Å². The molecule has 322 valence electrons. The fourth-order valence-electron chi connectivity index (χ4n) is 4.79. The predicted octanol–water partition coefficient (Wildman–Crippen LogP) is 9.54. The van der Waals surface area contributed by atoms with Gasteiger partial charge in [0.15, 0.2) is 6.10 Å². The number of aliphatic hydroxyl groups is 2. The molecule has 0 saturated carbocycles. The minimum atomic E-state index is -4.43. The van der Waals surface area contributed by atoms with Gasteiger partial charge in [-0.1, -0.05) is 142 Å². The zero-order valence-corrected chi connectivity index (χ0v) is 35.4. The van der Waals surface area contributed by atoms with Crippen molar-refractivity contribution in [3.05, 3.63) is 109 Å². The van der Waals surface area contributed by atoms with E-state index in [2.05, 4.69) is 43.4 Å². The van der Waals surface area contributed by atoms with E-state index in [4.69, 9.17) is 24.3 Å². The molecular formula is C45H72NO10P. The summed E-state index contributed by atoms with van der Waals surface area (Å²) in [6.07, 6.45) is 44.8. The number of phosphoric ester groups is 1. The Hall–Kier alpha value is -3.41. The Kier molecular flexibility index (Phi) is 37.1. The van der Waals surface area contributed by atoms with E-state index in [-0.39, 0.29) is 32.6 Å². The number of allylic oxidation sites excluding steroid dienone is 14. The lowest BCUT2D eigenvalue weighted by atomic mass is 10.1. The fraction of sp³-hybridized carbons (Fsp3) is 0.556. The van der Waals surface area contributed by atoms with Crippen LogP contribution in [0.1, 0.15) is 117 Å². The number of ether oxygens (including phenoxy) is 2. The maximum atomic E-state index is 12.6. The zero-order valence-electron chi connectivity index (χ0n) is 34.5. The highest BCUT2D eigenvalue weighted by Gasteiger charge is 2.25. The van der Waals surface area contributed by atoms with Gasteiger partial charge in [-0.3, -0.25) is 18.6 Å². The smallest absolute Gasteiger partial charge is 0.462 e. The first-order valence-corrected chi connectivity index (χ1v) is 22.1. The van der Waals surface area contributed by atoms with Crippen molar-refractivity contribution >= 4 is 19.8 Å². The lowest BCUT2D eigenvalue weighted by molar-refractivity contribution is -0.161. The van der Waals surface area contributed by atoms with Gasteiger partial charge in [-0.25, -0.2) is 4.57 Å². The summed E-state index contributed by atoms with van der Waals surface area (Å²) in [6.45, 7) is 3.16. The molecule has 0 saturated heterocycles. The molecule has 4 atom stereocenters. The number of rotatable bonds is 36. The second kappa shape index (κ2) is 39.4. The topological polar surface area (TPSA) is 175 Å². The van der Waals surface area contributed by atoms with Crippen molar-refractivity contribution in [2.45, 2.75) is 135 Å².